The number of Topliss-reactive ketones (excluding diaryl/α,β-unsaturated/α-hetero) is 1. The molecule has 3 rings (SSSR count). The van der Waals surface area contributed by atoms with Gasteiger partial charge in [-0.1, -0.05) is 24.3 Å². The number of benzene rings is 2. The molecule has 0 unspecified atom stereocenters. The first-order valence-corrected chi connectivity index (χ1v) is 9.60. The first kappa shape index (κ1) is 22.5. The lowest BCUT2D eigenvalue weighted by atomic mass is 9.78. The van der Waals surface area contributed by atoms with Gasteiger partial charge in [0.2, 0.25) is 0 Å². The van der Waals surface area contributed by atoms with Crippen LogP contribution in [0.1, 0.15) is 44.4 Å². The topological polar surface area (TPSA) is 35.5 Å². The summed E-state index contributed by atoms with van der Waals surface area (Å²) < 4.78 is 64.3. The average molecular weight is 422 g/mol. The van der Waals surface area contributed by atoms with Crippen LogP contribution in [-0.2, 0) is 33.1 Å². The molecule has 30 heavy (non-hydrogen) atoms. The second-order valence-corrected chi connectivity index (χ2v) is 8.53. The number of hydrogen-bond donors (Lipinski definition) is 0. The molecule has 3 nitrogen and oxygen atoms in total. The molecule has 1 aliphatic rings. The summed E-state index contributed by atoms with van der Waals surface area (Å²) in [6.45, 7) is 7.81. The third-order valence-electron chi connectivity index (χ3n) is 5.67. The Morgan fingerprint density at radius 2 is 1.50 bits per heavy atom. The number of hydrogen-bond acceptors (Lipinski definition) is 3. The molecule has 0 bridgehead atoms. The van der Waals surface area contributed by atoms with Gasteiger partial charge in [-0.25, -0.2) is 4.39 Å². The molecule has 0 spiro atoms. The zero-order valence-corrected chi connectivity index (χ0v) is 17.3. The predicted molar refractivity (Wildman–Crippen MR) is 106 cm³/mol. The maximum absolute atomic E-state index is 13.9. The Kier molecular flexibility index (Phi) is 5.86. The summed E-state index contributed by atoms with van der Waals surface area (Å²) >= 11 is 0. The van der Waals surface area contributed by atoms with Gasteiger partial charge in [-0.3, -0.25) is 4.79 Å². The Bertz CT molecular complexity index is 920. The molecule has 8 heteroatoms. The summed E-state index contributed by atoms with van der Waals surface area (Å²) in [5.74, 6) is -1.20. The first-order chi connectivity index (χ1) is 13.8. The van der Waals surface area contributed by atoms with Gasteiger partial charge in [0, 0.05) is 12.8 Å². The predicted octanol–water partition coefficient (Wildman–Crippen LogP) is 4.50. The van der Waals surface area contributed by atoms with Crippen molar-refractivity contribution in [1.29, 1.82) is 0 Å². The molecule has 2 aromatic rings. The highest BCUT2D eigenvalue weighted by molar-refractivity contribution is 6.62. The summed E-state index contributed by atoms with van der Waals surface area (Å²) in [6.07, 6.45) is -5.01. The minimum absolute atomic E-state index is 0.0146. The summed E-state index contributed by atoms with van der Waals surface area (Å²) in [5, 5.41) is 0. The van der Waals surface area contributed by atoms with Crippen molar-refractivity contribution in [3.63, 3.8) is 0 Å². The Balaban J connectivity index is 1.66. The fraction of sp³-hybridized carbons (Fsp3) is 0.409. The number of carbonyl (C=O) groups excluding carboxylic acids is 1. The van der Waals surface area contributed by atoms with Crippen LogP contribution in [0.25, 0.3) is 0 Å². The molecule has 0 radical (unpaired) electrons. The highest BCUT2D eigenvalue weighted by Crippen LogP contribution is 2.36. The third kappa shape index (κ3) is 4.76. The lowest BCUT2D eigenvalue weighted by molar-refractivity contribution is -0.137. The monoisotopic (exact) mass is 422 g/mol. The second kappa shape index (κ2) is 7.82. The van der Waals surface area contributed by atoms with E-state index in [2.05, 4.69) is 0 Å². The Morgan fingerprint density at radius 1 is 0.933 bits per heavy atom. The van der Waals surface area contributed by atoms with Crippen molar-refractivity contribution in [2.75, 3.05) is 0 Å². The molecule has 1 fully saturated rings. The van der Waals surface area contributed by atoms with Crippen LogP contribution < -0.4 is 5.46 Å². The van der Waals surface area contributed by atoms with Crippen LogP contribution in [0, 0.1) is 5.82 Å². The molecule has 0 N–H and O–H groups in total. The Hall–Kier alpha value is -2.19. The molecule has 1 saturated heterocycles. The molecule has 0 aromatic heterocycles. The number of alkyl halides is 3. The molecule has 2 aromatic carbocycles. The molecule has 0 saturated carbocycles. The first-order valence-electron chi connectivity index (χ1n) is 9.60. The van der Waals surface area contributed by atoms with E-state index in [-0.39, 0.29) is 17.8 Å². The van der Waals surface area contributed by atoms with E-state index in [4.69, 9.17) is 9.31 Å². The average Bonchev–Trinajstić information content (AvgIpc) is 2.84. The van der Waals surface area contributed by atoms with Crippen LogP contribution in [0.2, 0.25) is 0 Å². The standard InChI is InChI=1S/C22H23BF4O3/c1-20(2)21(3,4)30-23(29-20)17-8-5-14(6-9-17)11-18(28)13-15-12-16(22(25,26)27)7-10-19(15)24/h5-10,12H,11,13H2,1-4H3. The van der Waals surface area contributed by atoms with Gasteiger partial charge in [-0.15, -0.1) is 0 Å². The van der Waals surface area contributed by atoms with E-state index < -0.39 is 42.3 Å². The molecule has 160 valence electrons. The van der Waals surface area contributed by atoms with Gasteiger partial charge in [-0.05, 0) is 62.5 Å². The number of rotatable bonds is 5. The summed E-state index contributed by atoms with van der Waals surface area (Å²) in [6, 6.07) is 9.14. The maximum atomic E-state index is 13.9. The van der Waals surface area contributed by atoms with E-state index in [9.17, 15) is 22.4 Å². The van der Waals surface area contributed by atoms with Gasteiger partial charge in [0.1, 0.15) is 11.6 Å². The van der Waals surface area contributed by atoms with E-state index in [1.807, 2.05) is 27.7 Å². The lowest BCUT2D eigenvalue weighted by Gasteiger charge is -2.32. The molecule has 0 amide bonds. The zero-order chi connectivity index (χ0) is 22.3. The fourth-order valence-electron chi connectivity index (χ4n) is 3.16. The van der Waals surface area contributed by atoms with E-state index in [0.29, 0.717) is 17.7 Å². The van der Waals surface area contributed by atoms with E-state index in [0.717, 1.165) is 11.5 Å². The maximum Gasteiger partial charge on any atom is 0.494 e. The summed E-state index contributed by atoms with van der Waals surface area (Å²) in [5.41, 5.74) is -0.702. The van der Waals surface area contributed by atoms with E-state index in [1.54, 1.807) is 24.3 Å². The van der Waals surface area contributed by atoms with E-state index >= 15 is 0 Å². The van der Waals surface area contributed by atoms with Crippen LogP contribution in [0.3, 0.4) is 0 Å². The SMILES string of the molecule is CC1(C)OB(c2ccc(CC(=O)Cc3cc(C(F)(F)F)ccc3F)cc2)OC1(C)C. The van der Waals surface area contributed by atoms with Gasteiger partial charge in [0.15, 0.2) is 0 Å². The summed E-state index contributed by atoms with van der Waals surface area (Å²) in [7, 11) is -0.529. The zero-order valence-electron chi connectivity index (χ0n) is 17.3. The molecular weight excluding hydrogens is 399 g/mol. The molecule has 1 heterocycles. The molecule has 0 atom stereocenters. The Labute approximate surface area is 173 Å². The normalized spacial score (nSPS) is 17.9. The lowest BCUT2D eigenvalue weighted by Crippen LogP contribution is -2.41. The number of halogens is 4. The molecular formula is C22H23BF4O3. The highest BCUT2D eigenvalue weighted by Gasteiger charge is 2.51. The highest BCUT2D eigenvalue weighted by atomic mass is 19.4. The Morgan fingerprint density at radius 3 is 2.03 bits per heavy atom. The third-order valence-corrected chi connectivity index (χ3v) is 5.67. The van der Waals surface area contributed by atoms with Gasteiger partial charge >= 0.3 is 13.3 Å². The van der Waals surface area contributed by atoms with Crippen LogP contribution in [0.15, 0.2) is 42.5 Å². The van der Waals surface area contributed by atoms with E-state index in [1.165, 1.54) is 0 Å². The van der Waals surface area contributed by atoms with Crippen molar-refractivity contribution in [2.24, 2.45) is 0 Å². The van der Waals surface area contributed by atoms with Gasteiger partial charge < -0.3 is 9.31 Å². The smallest absolute Gasteiger partial charge is 0.399 e. The van der Waals surface area contributed by atoms with Crippen LogP contribution in [0.4, 0.5) is 17.6 Å². The van der Waals surface area contributed by atoms with Crippen LogP contribution in [-0.4, -0.2) is 24.1 Å². The molecule has 1 aliphatic heterocycles. The van der Waals surface area contributed by atoms with Crippen molar-refractivity contribution in [1.82, 2.24) is 0 Å². The summed E-state index contributed by atoms with van der Waals surface area (Å²) in [4.78, 5) is 12.3. The van der Waals surface area contributed by atoms with Crippen LogP contribution in [0.5, 0.6) is 0 Å². The van der Waals surface area contributed by atoms with Gasteiger partial charge in [0.05, 0.1) is 16.8 Å². The number of carbonyl (C=O) groups is 1. The van der Waals surface area contributed by atoms with Crippen molar-refractivity contribution < 1.29 is 31.7 Å². The minimum Gasteiger partial charge on any atom is -0.399 e. The van der Waals surface area contributed by atoms with Crippen molar-refractivity contribution >= 4 is 18.4 Å². The molecule has 0 aliphatic carbocycles. The van der Waals surface area contributed by atoms with Gasteiger partial charge in [0.25, 0.3) is 0 Å². The number of ketones is 1. The quantitative estimate of drug-likeness (QED) is 0.526. The minimum atomic E-state index is -4.59. The van der Waals surface area contributed by atoms with Crippen LogP contribution >= 0.6 is 0 Å². The van der Waals surface area contributed by atoms with Gasteiger partial charge in [-0.2, -0.15) is 13.2 Å². The van der Waals surface area contributed by atoms with Crippen molar-refractivity contribution in [3.8, 4) is 0 Å². The second-order valence-electron chi connectivity index (χ2n) is 8.53. The van der Waals surface area contributed by atoms with Crippen molar-refractivity contribution in [3.05, 3.63) is 65.0 Å². The largest absolute Gasteiger partial charge is 0.494 e. The fourth-order valence-corrected chi connectivity index (χ4v) is 3.16. The van der Waals surface area contributed by atoms with Crippen molar-refractivity contribution in [2.45, 2.75) is 57.9 Å².